The van der Waals surface area contributed by atoms with Gasteiger partial charge in [-0.3, -0.25) is 0 Å². The number of benzene rings is 1. The van der Waals surface area contributed by atoms with Gasteiger partial charge in [-0.1, -0.05) is 6.07 Å². The van der Waals surface area contributed by atoms with Crippen molar-refractivity contribution in [2.45, 2.75) is 6.42 Å². The van der Waals surface area contributed by atoms with E-state index in [9.17, 15) is 0 Å². The second-order valence-electron chi connectivity index (χ2n) is 2.66. The highest BCUT2D eigenvalue weighted by atomic mass is 32.1. The highest BCUT2D eigenvalue weighted by Gasteiger charge is 2.03. The van der Waals surface area contributed by atoms with Gasteiger partial charge in [-0.05, 0) is 29.9 Å². The van der Waals surface area contributed by atoms with Crippen LogP contribution in [0.2, 0.25) is 0 Å². The Morgan fingerprint density at radius 3 is 2.38 bits per heavy atom. The van der Waals surface area contributed by atoms with Gasteiger partial charge in [0.25, 0.3) is 0 Å². The maximum absolute atomic E-state index is 5.17. The molecule has 0 aliphatic heterocycles. The number of aryl methyl sites for hydroxylation is 1. The van der Waals surface area contributed by atoms with Gasteiger partial charge in [-0.2, -0.15) is 12.6 Å². The number of ether oxygens (including phenoxy) is 2. The van der Waals surface area contributed by atoms with Crippen molar-refractivity contribution in [2.24, 2.45) is 0 Å². The minimum atomic E-state index is 0.769. The number of methoxy groups -OCH3 is 2. The van der Waals surface area contributed by atoms with Crippen LogP contribution < -0.4 is 9.47 Å². The van der Waals surface area contributed by atoms with Crippen molar-refractivity contribution < 1.29 is 9.47 Å². The van der Waals surface area contributed by atoms with Gasteiger partial charge >= 0.3 is 0 Å². The largest absolute Gasteiger partial charge is 0.493 e. The van der Waals surface area contributed by atoms with Crippen LogP contribution in [0, 0.1) is 0 Å². The van der Waals surface area contributed by atoms with E-state index in [2.05, 4.69) is 12.6 Å². The van der Waals surface area contributed by atoms with Crippen LogP contribution in [-0.4, -0.2) is 20.0 Å². The fourth-order valence-corrected chi connectivity index (χ4v) is 1.42. The van der Waals surface area contributed by atoms with Gasteiger partial charge in [0, 0.05) is 0 Å². The van der Waals surface area contributed by atoms with Crippen LogP contribution in [0.1, 0.15) is 5.56 Å². The Balaban J connectivity index is 2.91. The third-order valence-electron chi connectivity index (χ3n) is 1.85. The summed E-state index contributed by atoms with van der Waals surface area (Å²) in [4.78, 5) is 0. The van der Waals surface area contributed by atoms with E-state index in [1.807, 2.05) is 18.2 Å². The van der Waals surface area contributed by atoms with E-state index in [1.54, 1.807) is 14.2 Å². The monoisotopic (exact) mass is 198 g/mol. The van der Waals surface area contributed by atoms with Gasteiger partial charge in [0.15, 0.2) is 11.5 Å². The minimum Gasteiger partial charge on any atom is -0.493 e. The fourth-order valence-electron chi connectivity index (χ4n) is 1.17. The van der Waals surface area contributed by atoms with Crippen LogP contribution >= 0.6 is 12.6 Å². The van der Waals surface area contributed by atoms with Crippen molar-refractivity contribution >= 4 is 12.6 Å². The van der Waals surface area contributed by atoms with Gasteiger partial charge in [0.05, 0.1) is 14.2 Å². The molecule has 0 aromatic heterocycles. The molecule has 0 saturated carbocycles. The molecule has 13 heavy (non-hydrogen) atoms. The molecule has 0 unspecified atom stereocenters. The van der Waals surface area contributed by atoms with Crippen molar-refractivity contribution in [1.29, 1.82) is 0 Å². The maximum Gasteiger partial charge on any atom is 0.160 e. The molecule has 1 aromatic carbocycles. The molecule has 1 aromatic rings. The van der Waals surface area contributed by atoms with E-state index in [0.29, 0.717) is 0 Å². The first-order chi connectivity index (χ1) is 6.31. The van der Waals surface area contributed by atoms with Crippen LogP contribution in [0.4, 0.5) is 0 Å². The molecule has 0 aliphatic carbocycles. The molecule has 0 amide bonds. The molecule has 3 heteroatoms. The smallest absolute Gasteiger partial charge is 0.160 e. The van der Waals surface area contributed by atoms with Crippen molar-refractivity contribution in [1.82, 2.24) is 0 Å². The summed E-state index contributed by atoms with van der Waals surface area (Å²) in [7, 11) is 3.28. The summed E-state index contributed by atoms with van der Waals surface area (Å²) in [6.07, 6.45) is 0.948. The summed E-state index contributed by atoms with van der Waals surface area (Å²) in [5.41, 5.74) is 1.22. The highest BCUT2D eigenvalue weighted by molar-refractivity contribution is 7.80. The summed E-state index contributed by atoms with van der Waals surface area (Å²) >= 11 is 4.17. The van der Waals surface area contributed by atoms with E-state index < -0.39 is 0 Å². The SMILES string of the molecule is COc1ccc(CCS)cc1OC. The summed E-state index contributed by atoms with van der Waals surface area (Å²) in [6.45, 7) is 0. The molecule has 0 aliphatic rings. The lowest BCUT2D eigenvalue weighted by Gasteiger charge is -2.08. The molecule has 0 bridgehead atoms. The molecule has 0 N–H and O–H groups in total. The van der Waals surface area contributed by atoms with E-state index in [1.165, 1.54) is 5.56 Å². The zero-order valence-corrected chi connectivity index (χ0v) is 8.80. The number of thiol groups is 1. The van der Waals surface area contributed by atoms with Gasteiger partial charge in [0.2, 0.25) is 0 Å². The van der Waals surface area contributed by atoms with E-state index in [0.717, 1.165) is 23.7 Å². The Hall–Kier alpha value is -0.830. The van der Waals surface area contributed by atoms with E-state index >= 15 is 0 Å². The average Bonchev–Trinajstić information content (AvgIpc) is 2.18. The van der Waals surface area contributed by atoms with Crippen LogP contribution in [0.15, 0.2) is 18.2 Å². The molecule has 0 spiro atoms. The molecular weight excluding hydrogens is 184 g/mol. The van der Waals surface area contributed by atoms with Gasteiger partial charge in [0.1, 0.15) is 0 Å². The van der Waals surface area contributed by atoms with Gasteiger partial charge in [-0.25, -0.2) is 0 Å². The molecule has 72 valence electrons. The molecule has 0 radical (unpaired) electrons. The lowest BCUT2D eigenvalue weighted by Crippen LogP contribution is -1.93. The Kier molecular flexibility index (Phi) is 3.96. The average molecular weight is 198 g/mol. The Labute approximate surface area is 84.3 Å². The zero-order chi connectivity index (χ0) is 9.68. The van der Waals surface area contributed by atoms with Crippen LogP contribution in [0.3, 0.4) is 0 Å². The first-order valence-electron chi connectivity index (χ1n) is 4.13. The van der Waals surface area contributed by atoms with Crippen LogP contribution in [0.5, 0.6) is 11.5 Å². The normalized spacial score (nSPS) is 9.77. The Morgan fingerprint density at radius 1 is 1.15 bits per heavy atom. The third-order valence-corrected chi connectivity index (χ3v) is 2.07. The van der Waals surface area contributed by atoms with Crippen molar-refractivity contribution in [2.75, 3.05) is 20.0 Å². The number of rotatable bonds is 4. The van der Waals surface area contributed by atoms with Crippen molar-refractivity contribution in [3.05, 3.63) is 23.8 Å². The molecule has 1 rings (SSSR count). The molecule has 0 fully saturated rings. The second kappa shape index (κ2) is 5.02. The zero-order valence-electron chi connectivity index (χ0n) is 7.91. The molecule has 0 atom stereocenters. The quantitative estimate of drug-likeness (QED) is 0.747. The predicted octanol–water partition coefficient (Wildman–Crippen LogP) is 2.18. The predicted molar refractivity (Wildman–Crippen MR) is 57.1 cm³/mol. The molecule has 0 heterocycles. The lowest BCUT2D eigenvalue weighted by atomic mass is 10.1. The van der Waals surface area contributed by atoms with Crippen molar-refractivity contribution in [3.8, 4) is 11.5 Å². The van der Waals surface area contributed by atoms with Crippen molar-refractivity contribution in [3.63, 3.8) is 0 Å². The third kappa shape index (κ3) is 2.56. The van der Waals surface area contributed by atoms with Crippen LogP contribution in [0.25, 0.3) is 0 Å². The van der Waals surface area contributed by atoms with Crippen LogP contribution in [-0.2, 0) is 6.42 Å². The molecule has 2 nitrogen and oxygen atoms in total. The highest BCUT2D eigenvalue weighted by Crippen LogP contribution is 2.27. The van der Waals surface area contributed by atoms with Gasteiger partial charge in [-0.15, -0.1) is 0 Å². The fraction of sp³-hybridized carbons (Fsp3) is 0.400. The minimum absolute atomic E-state index is 0.769. The summed E-state index contributed by atoms with van der Waals surface area (Å²) in [6, 6.07) is 5.92. The molecular formula is C10H14O2S. The summed E-state index contributed by atoms with van der Waals surface area (Å²) in [5.74, 6) is 2.39. The lowest BCUT2D eigenvalue weighted by molar-refractivity contribution is 0.354. The molecule has 0 saturated heterocycles. The van der Waals surface area contributed by atoms with E-state index in [-0.39, 0.29) is 0 Å². The first-order valence-corrected chi connectivity index (χ1v) is 4.77. The topological polar surface area (TPSA) is 18.5 Å². The summed E-state index contributed by atoms with van der Waals surface area (Å²) < 4.78 is 10.3. The number of hydrogen-bond acceptors (Lipinski definition) is 3. The summed E-state index contributed by atoms with van der Waals surface area (Å²) in [5, 5.41) is 0. The number of hydrogen-bond donors (Lipinski definition) is 1. The van der Waals surface area contributed by atoms with E-state index in [4.69, 9.17) is 9.47 Å². The van der Waals surface area contributed by atoms with Gasteiger partial charge < -0.3 is 9.47 Å². The second-order valence-corrected chi connectivity index (χ2v) is 3.11. The Bertz CT molecular complexity index is 274. The Morgan fingerprint density at radius 2 is 1.85 bits per heavy atom. The first kappa shape index (κ1) is 10.3. The standard InChI is InChI=1S/C10H14O2S/c1-11-9-4-3-8(5-6-13)7-10(9)12-2/h3-4,7,13H,5-6H2,1-2H3. The maximum atomic E-state index is 5.17.